The van der Waals surface area contributed by atoms with E-state index >= 15 is 0 Å². The maximum absolute atomic E-state index is 13.0. The molecule has 0 aromatic heterocycles. The summed E-state index contributed by atoms with van der Waals surface area (Å²) in [7, 11) is -0.305. The molecule has 2 unspecified atom stereocenters. The first-order valence-electron chi connectivity index (χ1n) is 39.4. The van der Waals surface area contributed by atoms with Crippen LogP contribution in [-0.4, -0.2) is 70.2 Å². The summed E-state index contributed by atoms with van der Waals surface area (Å²) in [5.74, 6) is -4.48. The first-order chi connectivity index (χ1) is 56.2. The van der Waals surface area contributed by atoms with E-state index < -0.39 is 64.2 Å². The third kappa shape index (κ3) is 27.8. The van der Waals surface area contributed by atoms with Crippen LogP contribution < -0.4 is 29.5 Å². The van der Waals surface area contributed by atoms with Crippen molar-refractivity contribution < 1.29 is 89.3 Å². The molecular weight excluding hydrogens is 1600 g/mol. The number of alkyl halides is 6. The van der Waals surface area contributed by atoms with E-state index in [2.05, 4.69) is 327 Å². The summed E-state index contributed by atoms with van der Waals surface area (Å²) in [5, 5.41) is 31.4. The Morgan fingerprint density at radius 3 is 0.742 bits per heavy atom. The third-order valence-electron chi connectivity index (χ3n) is 19.1. The molecule has 0 amide bonds. The summed E-state index contributed by atoms with van der Waals surface area (Å²) in [6, 6.07) is 98.7. The maximum Gasteiger partial charge on any atom is 0.433 e. The van der Waals surface area contributed by atoms with E-state index in [0.29, 0.717) is 43.9 Å². The number of benzene rings is 10. The predicted octanol–water partition coefficient (Wildman–Crippen LogP) is 20.3. The van der Waals surface area contributed by atoms with Crippen molar-refractivity contribution in [1.82, 2.24) is 0 Å². The van der Waals surface area contributed by atoms with Crippen molar-refractivity contribution in [2.75, 3.05) is 0 Å². The summed E-state index contributed by atoms with van der Waals surface area (Å²) in [5.41, 5.74) is -9.14. The van der Waals surface area contributed by atoms with Gasteiger partial charge in [-0.3, -0.25) is 9.59 Å². The standard InChI is InChI=1S/3C22H23OS.C15H19F3O4.C9H13F3O4.C8H8O2/c3*1-22(2,3)23-18-14-16-21(17-15-18)24(19-10-6-4-7-11-19)20-12-8-5-9-13-20;1-13(11(19)20,15(16,17)18)22-12(21)14-5-8-2-9(6-14)4-10(3-8)7-14;1-7(2,3)6(15)16-8(4,5(13)14)9(10,11)12;9-8(10)6-7-4-2-1-3-5-7/h3*4-17H,1-3H3;8-10H,2-7H2,1H3,(H,19,20);1-4H3,(H,13,14);1-5H,6H2,(H,9,10)/q3*+1;;;/p-3. The molecule has 10 aromatic carbocycles. The Hall–Kier alpha value is -10.4. The molecule has 22 heteroatoms. The van der Waals surface area contributed by atoms with E-state index in [-0.39, 0.29) is 62.8 Å². The Morgan fingerprint density at radius 2 is 0.542 bits per heavy atom. The van der Waals surface area contributed by atoms with Gasteiger partial charge in [0.25, 0.3) is 0 Å². The van der Waals surface area contributed by atoms with Crippen LogP contribution in [0.5, 0.6) is 17.2 Å². The minimum Gasteiger partial charge on any atom is -0.550 e. The van der Waals surface area contributed by atoms with Gasteiger partial charge in [0, 0.05) is 12.4 Å². The van der Waals surface area contributed by atoms with Crippen LogP contribution in [0.4, 0.5) is 26.3 Å². The highest BCUT2D eigenvalue weighted by molar-refractivity contribution is 7.97. The van der Waals surface area contributed by atoms with Crippen LogP contribution in [0.3, 0.4) is 0 Å². The summed E-state index contributed by atoms with van der Waals surface area (Å²) < 4.78 is 103. The first kappa shape index (κ1) is 95.1. The maximum atomic E-state index is 13.0. The molecule has 4 bridgehead atoms. The summed E-state index contributed by atoms with van der Waals surface area (Å²) in [6.07, 6.45) is -5.84. The van der Waals surface area contributed by atoms with E-state index in [9.17, 15) is 65.6 Å². The average Bonchev–Trinajstić information content (AvgIpc) is 0.733. The number of carbonyl (C=O) groups excluding carboxylic acids is 5. The number of hydrogen-bond acceptors (Lipinski definition) is 13. The van der Waals surface area contributed by atoms with Gasteiger partial charge in [0.05, 0.1) is 55.5 Å². The largest absolute Gasteiger partial charge is 0.550 e. The topological polar surface area (TPSA) is 201 Å². The lowest BCUT2D eigenvalue weighted by molar-refractivity contribution is -0.354. The Balaban J connectivity index is 0.000000182. The van der Waals surface area contributed by atoms with Gasteiger partial charge in [-0.05, 0) is 304 Å². The Morgan fingerprint density at radius 1 is 0.325 bits per heavy atom. The quantitative estimate of drug-likeness (QED) is 0.0421. The highest BCUT2D eigenvalue weighted by atomic mass is 32.2. The molecule has 14 rings (SSSR count). The van der Waals surface area contributed by atoms with Crippen molar-refractivity contribution in [3.8, 4) is 17.2 Å². The molecule has 120 heavy (non-hydrogen) atoms. The monoisotopic (exact) mass is 1700 g/mol. The lowest BCUT2D eigenvalue weighted by Crippen LogP contribution is -2.61. The highest BCUT2D eigenvalue weighted by Gasteiger charge is 2.62. The van der Waals surface area contributed by atoms with Crippen LogP contribution in [0.25, 0.3) is 0 Å². The highest BCUT2D eigenvalue weighted by Crippen LogP contribution is 2.61. The van der Waals surface area contributed by atoms with Crippen molar-refractivity contribution in [2.24, 2.45) is 28.6 Å². The van der Waals surface area contributed by atoms with E-state index in [1.54, 1.807) is 24.3 Å². The number of aliphatic carboxylic acids is 3. The fraction of sp³-hybridized carbons (Fsp3) is 0.337. The van der Waals surface area contributed by atoms with Gasteiger partial charge in [-0.15, -0.1) is 0 Å². The number of carbonyl (C=O) groups is 5. The fourth-order valence-corrected chi connectivity index (χ4v) is 20.0. The number of carboxylic acids is 3. The van der Waals surface area contributed by atoms with Crippen molar-refractivity contribution in [1.29, 1.82) is 0 Å². The molecule has 0 radical (unpaired) electrons. The smallest absolute Gasteiger partial charge is 0.433 e. The minimum atomic E-state index is -5.23. The van der Waals surface area contributed by atoms with Gasteiger partial charge >= 0.3 is 24.3 Å². The number of halogens is 6. The van der Waals surface area contributed by atoms with Gasteiger partial charge < -0.3 is 53.4 Å². The van der Waals surface area contributed by atoms with E-state index in [0.717, 1.165) is 42.1 Å². The van der Waals surface area contributed by atoms with Crippen LogP contribution in [0.15, 0.2) is 329 Å². The Bertz CT molecular complexity index is 4390. The second kappa shape index (κ2) is 41.2. The molecular formula is C98H106F6O13S3. The second-order valence-corrected chi connectivity index (χ2v) is 39.8. The molecule has 4 saturated carbocycles. The zero-order valence-electron chi connectivity index (χ0n) is 70.1. The summed E-state index contributed by atoms with van der Waals surface area (Å²) >= 11 is 0. The molecule has 10 aromatic rings. The molecule has 2 atom stereocenters. The van der Waals surface area contributed by atoms with E-state index in [1.165, 1.54) is 64.8 Å². The molecule has 0 spiro atoms. The van der Waals surface area contributed by atoms with Crippen molar-refractivity contribution in [3.63, 3.8) is 0 Å². The molecule has 4 aliphatic carbocycles. The normalized spacial score (nSPS) is 17.1. The van der Waals surface area contributed by atoms with Crippen molar-refractivity contribution >= 4 is 62.5 Å². The number of hydrogen-bond donors (Lipinski definition) is 0. The molecule has 4 aliphatic rings. The van der Waals surface area contributed by atoms with E-state index in [1.807, 2.05) is 6.07 Å². The van der Waals surface area contributed by atoms with Gasteiger partial charge in [0.2, 0.25) is 11.2 Å². The zero-order chi connectivity index (χ0) is 88.1. The van der Waals surface area contributed by atoms with Crippen molar-refractivity contribution in [2.45, 2.75) is 226 Å². The minimum absolute atomic E-state index is 0.000833. The van der Waals surface area contributed by atoms with Gasteiger partial charge in [-0.1, -0.05) is 140 Å². The summed E-state index contributed by atoms with van der Waals surface area (Å²) in [4.78, 5) is 66.9. The summed E-state index contributed by atoms with van der Waals surface area (Å²) in [6.45, 7) is 23.1. The van der Waals surface area contributed by atoms with Gasteiger partial charge in [-0.25, -0.2) is 0 Å². The molecule has 0 aliphatic heterocycles. The lowest BCUT2D eigenvalue weighted by Gasteiger charge is -2.55. The average molecular weight is 1700 g/mol. The molecule has 13 nitrogen and oxygen atoms in total. The number of ether oxygens (including phenoxy) is 5. The number of esters is 2. The van der Waals surface area contributed by atoms with Crippen LogP contribution in [0.1, 0.15) is 141 Å². The van der Waals surface area contributed by atoms with Gasteiger partial charge in [0.1, 0.15) is 34.1 Å². The molecule has 0 saturated heterocycles. The molecule has 0 N–H and O–H groups in total. The predicted molar refractivity (Wildman–Crippen MR) is 452 cm³/mol. The second-order valence-electron chi connectivity index (χ2n) is 33.8. The van der Waals surface area contributed by atoms with Crippen LogP contribution in [-0.2, 0) is 72.6 Å². The Labute approximate surface area is 710 Å². The Kier molecular flexibility index (Phi) is 32.7. The third-order valence-corrected chi connectivity index (χ3v) is 25.7. The SMILES string of the molecule is CC(C)(C)C(=O)OC(C)(C(=O)[O-])C(F)(F)F.CC(C)(C)Oc1ccc([S+](c2ccccc2)c2ccccc2)cc1.CC(C)(C)Oc1ccc([S+](c2ccccc2)c2ccccc2)cc1.CC(C)(C)Oc1ccc([S+](c2ccccc2)c2ccccc2)cc1.CC(OC(=O)C12CC3CC(CC(C3)C1)C2)(C(=O)[O-])C(F)(F)F.O=C([O-])Cc1ccccc1. The zero-order valence-corrected chi connectivity index (χ0v) is 72.6. The molecule has 636 valence electrons. The molecule has 4 fully saturated rings. The molecule has 0 heterocycles. The van der Waals surface area contributed by atoms with Crippen molar-refractivity contribution in [3.05, 3.63) is 291 Å². The first-order valence-corrected chi connectivity index (χ1v) is 43.1. The van der Waals surface area contributed by atoms with Crippen LogP contribution in [0, 0.1) is 28.6 Å². The van der Waals surface area contributed by atoms with E-state index in [4.69, 9.17) is 14.2 Å². The van der Waals surface area contributed by atoms with Gasteiger partial charge in [-0.2, -0.15) is 26.3 Å². The van der Waals surface area contributed by atoms with Crippen LogP contribution in [0.2, 0.25) is 0 Å². The van der Waals surface area contributed by atoms with Gasteiger partial charge in [0.15, 0.2) is 44.1 Å². The fourth-order valence-electron chi connectivity index (χ4n) is 13.7. The van der Waals surface area contributed by atoms with Crippen LogP contribution >= 0.6 is 0 Å². The number of rotatable bonds is 19. The lowest BCUT2D eigenvalue weighted by atomic mass is 9.49. The number of carboxylic acid groups (broad SMARTS) is 3.